The molecule has 0 aliphatic carbocycles. The minimum Gasteiger partial charge on any atom is -0.369 e. The van der Waals surface area contributed by atoms with Gasteiger partial charge >= 0.3 is 0 Å². The van der Waals surface area contributed by atoms with E-state index in [-0.39, 0.29) is 5.91 Å². The normalized spacial score (nSPS) is 14.2. The van der Waals surface area contributed by atoms with Crippen LogP contribution >= 0.6 is 23.4 Å². The number of amides is 1. The van der Waals surface area contributed by atoms with Crippen LogP contribution in [0.15, 0.2) is 54.6 Å². The van der Waals surface area contributed by atoms with Gasteiger partial charge in [0.2, 0.25) is 0 Å². The predicted molar refractivity (Wildman–Crippen MR) is 113 cm³/mol. The second-order valence-corrected chi connectivity index (χ2v) is 7.88. The molecule has 2 aromatic carbocycles. The number of aromatic amines is 1. The first-order valence-electron chi connectivity index (χ1n) is 8.75. The van der Waals surface area contributed by atoms with Crippen LogP contribution in [0.4, 0.5) is 11.4 Å². The van der Waals surface area contributed by atoms with Gasteiger partial charge in [-0.2, -0.15) is 16.9 Å². The fourth-order valence-electron chi connectivity index (χ4n) is 3.04. The van der Waals surface area contributed by atoms with Gasteiger partial charge in [-0.1, -0.05) is 41.9 Å². The van der Waals surface area contributed by atoms with Gasteiger partial charge in [-0.15, -0.1) is 0 Å². The Morgan fingerprint density at radius 3 is 2.63 bits per heavy atom. The molecular formula is C20H19ClN4OS. The fraction of sp³-hybridized carbons (Fsp3) is 0.200. The van der Waals surface area contributed by atoms with E-state index in [1.54, 1.807) is 12.1 Å². The summed E-state index contributed by atoms with van der Waals surface area (Å²) in [6, 6.07) is 17.1. The molecule has 0 bridgehead atoms. The van der Waals surface area contributed by atoms with Crippen molar-refractivity contribution < 1.29 is 4.79 Å². The number of hydrogen-bond acceptors (Lipinski definition) is 4. The number of aromatic nitrogens is 2. The van der Waals surface area contributed by atoms with Crippen LogP contribution in [0.5, 0.6) is 0 Å². The number of thioether (sulfide) groups is 1. The van der Waals surface area contributed by atoms with Crippen LogP contribution in [0.2, 0.25) is 5.02 Å². The van der Waals surface area contributed by atoms with Crippen LogP contribution in [0, 0.1) is 0 Å². The molecule has 2 heterocycles. The maximum atomic E-state index is 12.5. The number of halogens is 1. The zero-order valence-electron chi connectivity index (χ0n) is 14.6. The molecule has 2 N–H and O–H groups in total. The van der Waals surface area contributed by atoms with E-state index in [1.165, 1.54) is 0 Å². The molecule has 0 radical (unpaired) electrons. The number of carbonyl (C=O) groups is 1. The molecule has 3 aromatic rings. The molecule has 0 saturated carbocycles. The van der Waals surface area contributed by atoms with E-state index in [9.17, 15) is 4.79 Å². The van der Waals surface area contributed by atoms with E-state index in [1.807, 2.05) is 54.2 Å². The summed E-state index contributed by atoms with van der Waals surface area (Å²) in [5, 5.41) is 10.5. The van der Waals surface area contributed by atoms with Gasteiger partial charge in [0, 0.05) is 35.8 Å². The Kier molecular flexibility index (Phi) is 5.36. The van der Waals surface area contributed by atoms with Crippen LogP contribution in [0.25, 0.3) is 11.3 Å². The summed E-state index contributed by atoms with van der Waals surface area (Å²) in [5.74, 6) is 1.97. The molecule has 7 heteroatoms. The van der Waals surface area contributed by atoms with E-state index >= 15 is 0 Å². The minimum atomic E-state index is -0.247. The first kappa shape index (κ1) is 17.9. The van der Waals surface area contributed by atoms with E-state index in [0.29, 0.717) is 16.4 Å². The molecule has 5 nitrogen and oxygen atoms in total. The molecule has 1 aromatic heterocycles. The third kappa shape index (κ3) is 4.12. The molecular weight excluding hydrogens is 380 g/mol. The van der Waals surface area contributed by atoms with Gasteiger partial charge in [-0.3, -0.25) is 9.89 Å². The zero-order valence-corrected chi connectivity index (χ0v) is 16.2. The first-order valence-corrected chi connectivity index (χ1v) is 10.3. The van der Waals surface area contributed by atoms with Crippen molar-refractivity contribution in [3.05, 3.63) is 65.3 Å². The minimum absolute atomic E-state index is 0.247. The second-order valence-electron chi connectivity index (χ2n) is 6.25. The van der Waals surface area contributed by atoms with Crippen molar-refractivity contribution in [3.8, 4) is 11.3 Å². The van der Waals surface area contributed by atoms with Crippen LogP contribution in [-0.2, 0) is 0 Å². The van der Waals surface area contributed by atoms with Crippen LogP contribution in [-0.4, -0.2) is 40.7 Å². The van der Waals surface area contributed by atoms with Gasteiger partial charge in [-0.05, 0) is 24.3 Å². The van der Waals surface area contributed by atoms with Crippen molar-refractivity contribution in [1.82, 2.24) is 10.2 Å². The van der Waals surface area contributed by atoms with Crippen LogP contribution in [0.1, 0.15) is 10.5 Å². The molecule has 0 spiro atoms. The topological polar surface area (TPSA) is 61.0 Å². The standard InChI is InChI=1S/C20H19ClN4OS/c21-16-12-15(6-7-19(16)25-8-10-27-11-9-25)22-20(26)18-13-17(23-24-18)14-4-2-1-3-5-14/h1-7,12-13H,8-11H2,(H,22,26)(H,23,24). The van der Waals surface area contributed by atoms with E-state index in [2.05, 4.69) is 20.4 Å². The summed E-state index contributed by atoms with van der Waals surface area (Å²) in [7, 11) is 0. The summed E-state index contributed by atoms with van der Waals surface area (Å²) in [4.78, 5) is 14.8. The smallest absolute Gasteiger partial charge is 0.273 e. The highest BCUT2D eigenvalue weighted by molar-refractivity contribution is 7.99. The Morgan fingerprint density at radius 1 is 1.11 bits per heavy atom. The SMILES string of the molecule is O=C(Nc1ccc(N2CCSCC2)c(Cl)c1)c1cc(-c2ccccc2)n[nH]1. The molecule has 1 aliphatic rings. The highest BCUT2D eigenvalue weighted by Crippen LogP contribution is 2.30. The molecule has 27 heavy (non-hydrogen) atoms. The highest BCUT2D eigenvalue weighted by Gasteiger charge is 2.16. The fourth-order valence-corrected chi connectivity index (χ4v) is 4.24. The third-order valence-corrected chi connectivity index (χ3v) is 5.69. The summed E-state index contributed by atoms with van der Waals surface area (Å²) < 4.78 is 0. The van der Waals surface area contributed by atoms with Crippen molar-refractivity contribution in [2.45, 2.75) is 0 Å². The van der Waals surface area contributed by atoms with Gasteiger partial charge in [-0.25, -0.2) is 0 Å². The molecule has 138 valence electrons. The lowest BCUT2D eigenvalue weighted by Gasteiger charge is -2.29. The Bertz CT molecular complexity index is 938. The van der Waals surface area contributed by atoms with Gasteiger partial charge < -0.3 is 10.2 Å². The van der Waals surface area contributed by atoms with E-state index < -0.39 is 0 Å². The molecule has 1 saturated heterocycles. The maximum absolute atomic E-state index is 12.5. The lowest BCUT2D eigenvalue weighted by molar-refractivity contribution is 0.102. The van der Waals surface area contributed by atoms with Gasteiger partial charge in [0.1, 0.15) is 5.69 Å². The third-order valence-electron chi connectivity index (χ3n) is 4.45. The maximum Gasteiger partial charge on any atom is 0.273 e. The summed E-state index contributed by atoms with van der Waals surface area (Å²) >= 11 is 8.41. The number of nitrogens with zero attached hydrogens (tertiary/aromatic N) is 2. The van der Waals surface area contributed by atoms with Gasteiger partial charge in [0.25, 0.3) is 5.91 Å². The summed E-state index contributed by atoms with van der Waals surface area (Å²) in [6.07, 6.45) is 0. The Balaban J connectivity index is 1.47. The largest absolute Gasteiger partial charge is 0.369 e. The van der Waals surface area contributed by atoms with Crippen molar-refractivity contribution >= 4 is 40.6 Å². The number of nitrogens with one attached hydrogen (secondary N) is 2. The van der Waals surface area contributed by atoms with Gasteiger partial charge in [0.05, 0.1) is 16.4 Å². The highest BCUT2D eigenvalue weighted by atomic mass is 35.5. The molecule has 1 aliphatic heterocycles. The first-order chi connectivity index (χ1) is 13.2. The van der Waals surface area contributed by atoms with E-state index in [4.69, 9.17) is 11.6 Å². The second kappa shape index (κ2) is 8.06. The average Bonchev–Trinajstić information content (AvgIpc) is 3.20. The number of anilines is 2. The average molecular weight is 399 g/mol. The van der Waals surface area contributed by atoms with Crippen molar-refractivity contribution in [3.63, 3.8) is 0 Å². The molecule has 0 atom stereocenters. The molecule has 1 fully saturated rings. The lowest BCUT2D eigenvalue weighted by Crippen LogP contribution is -2.32. The molecule has 0 unspecified atom stereocenters. The predicted octanol–water partition coefficient (Wildman–Crippen LogP) is 4.54. The number of rotatable bonds is 4. The van der Waals surface area contributed by atoms with Crippen molar-refractivity contribution in [1.29, 1.82) is 0 Å². The molecule has 4 rings (SSSR count). The summed E-state index contributed by atoms with van der Waals surface area (Å²) in [6.45, 7) is 1.99. The van der Waals surface area contributed by atoms with Gasteiger partial charge in [0.15, 0.2) is 0 Å². The number of H-pyrrole nitrogens is 1. The Labute approximate surface area is 167 Å². The number of carbonyl (C=O) groups excluding carboxylic acids is 1. The lowest BCUT2D eigenvalue weighted by atomic mass is 10.1. The Hall–Kier alpha value is -2.44. The zero-order chi connectivity index (χ0) is 18.6. The van der Waals surface area contributed by atoms with Crippen molar-refractivity contribution in [2.75, 3.05) is 34.8 Å². The number of hydrogen-bond donors (Lipinski definition) is 2. The Morgan fingerprint density at radius 2 is 1.89 bits per heavy atom. The molecule has 1 amide bonds. The van der Waals surface area contributed by atoms with E-state index in [0.717, 1.165) is 41.5 Å². The van der Waals surface area contributed by atoms with Crippen molar-refractivity contribution in [2.24, 2.45) is 0 Å². The van der Waals surface area contributed by atoms with Crippen LogP contribution < -0.4 is 10.2 Å². The number of benzene rings is 2. The monoisotopic (exact) mass is 398 g/mol. The summed E-state index contributed by atoms with van der Waals surface area (Å²) in [5.41, 5.74) is 3.78. The quantitative estimate of drug-likeness (QED) is 0.677. The van der Waals surface area contributed by atoms with Crippen LogP contribution in [0.3, 0.4) is 0 Å².